The first-order chi connectivity index (χ1) is 7.76. The molecule has 0 aliphatic heterocycles. The van der Waals surface area contributed by atoms with Crippen LogP contribution in [0.5, 0.6) is 0 Å². The van der Waals surface area contributed by atoms with Crippen molar-refractivity contribution in [1.82, 2.24) is 10.5 Å². The number of carbonyl (C=O) groups excluding carboxylic acids is 1. The van der Waals surface area contributed by atoms with Gasteiger partial charge < -0.3 is 4.84 Å². The van der Waals surface area contributed by atoms with Crippen molar-refractivity contribution >= 4 is 17.3 Å². The molecular formula is C10H17N3O2S. The Morgan fingerprint density at radius 2 is 2.50 bits per heavy atom. The summed E-state index contributed by atoms with van der Waals surface area (Å²) in [4.78, 5) is 19.0. The first-order valence-corrected chi connectivity index (χ1v) is 6.04. The molecule has 0 radical (unpaired) electrons. The van der Waals surface area contributed by atoms with Crippen LogP contribution in [-0.2, 0) is 16.2 Å². The Bertz CT molecular complexity index is 303. The van der Waals surface area contributed by atoms with E-state index in [4.69, 9.17) is 5.84 Å². The van der Waals surface area contributed by atoms with Crippen LogP contribution in [-0.4, -0.2) is 24.0 Å². The Labute approximate surface area is 99.1 Å². The van der Waals surface area contributed by atoms with Crippen molar-refractivity contribution in [3.8, 4) is 0 Å². The quantitative estimate of drug-likeness (QED) is 0.549. The molecule has 0 aromatic carbocycles. The molecule has 0 unspecified atom stereocenters. The summed E-state index contributed by atoms with van der Waals surface area (Å²) in [6, 6.07) is 4.12. The standard InChI is InChI=1S/C10H17N3O2S/c1-2-13(6-5-10(14)15-12-11)8-9-4-3-7-16-9/h3-4,7,12H,2,5-6,8,11H2,1H3. The molecule has 0 aliphatic carbocycles. The molecule has 1 heterocycles. The van der Waals surface area contributed by atoms with E-state index in [-0.39, 0.29) is 5.97 Å². The van der Waals surface area contributed by atoms with Crippen molar-refractivity contribution in [1.29, 1.82) is 0 Å². The minimum absolute atomic E-state index is 0.337. The van der Waals surface area contributed by atoms with Crippen molar-refractivity contribution in [3.63, 3.8) is 0 Å². The van der Waals surface area contributed by atoms with Gasteiger partial charge >= 0.3 is 5.97 Å². The van der Waals surface area contributed by atoms with Crippen molar-refractivity contribution in [3.05, 3.63) is 22.4 Å². The molecule has 16 heavy (non-hydrogen) atoms. The maximum atomic E-state index is 11.1. The summed E-state index contributed by atoms with van der Waals surface area (Å²) in [7, 11) is 0. The normalized spacial score (nSPS) is 10.7. The third-order valence-corrected chi connectivity index (χ3v) is 3.07. The third-order valence-electron chi connectivity index (χ3n) is 2.21. The van der Waals surface area contributed by atoms with E-state index in [1.807, 2.05) is 11.7 Å². The molecule has 0 atom stereocenters. The van der Waals surface area contributed by atoms with Gasteiger partial charge in [-0.1, -0.05) is 18.6 Å². The summed E-state index contributed by atoms with van der Waals surface area (Å²) in [5, 5.41) is 2.05. The van der Waals surface area contributed by atoms with Crippen LogP contribution in [0.2, 0.25) is 0 Å². The van der Waals surface area contributed by atoms with E-state index in [0.29, 0.717) is 13.0 Å². The Hall–Kier alpha value is -0.950. The molecule has 1 aromatic heterocycles. The Balaban J connectivity index is 2.29. The SMILES string of the molecule is CCN(CCC(=O)ONN)Cc1cccs1. The van der Waals surface area contributed by atoms with Crippen LogP contribution in [0.15, 0.2) is 17.5 Å². The predicted octanol–water partition coefficient (Wildman–Crippen LogP) is 0.882. The lowest BCUT2D eigenvalue weighted by Gasteiger charge is -2.18. The predicted molar refractivity (Wildman–Crippen MR) is 63.3 cm³/mol. The average molecular weight is 243 g/mol. The van der Waals surface area contributed by atoms with Gasteiger partial charge in [0.1, 0.15) is 0 Å². The van der Waals surface area contributed by atoms with E-state index >= 15 is 0 Å². The highest BCUT2D eigenvalue weighted by Gasteiger charge is 2.08. The molecule has 5 nitrogen and oxygen atoms in total. The Kier molecular flexibility index (Phi) is 6.02. The monoisotopic (exact) mass is 243 g/mol. The first kappa shape index (κ1) is 13.1. The van der Waals surface area contributed by atoms with Crippen LogP contribution in [0, 0.1) is 0 Å². The summed E-state index contributed by atoms with van der Waals surface area (Å²) in [6.07, 6.45) is 0.337. The number of rotatable bonds is 7. The van der Waals surface area contributed by atoms with Crippen LogP contribution >= 0.6 is 11.3 Å². The fraction of sp³-hybridized carbons (Fsp3) is 0.500. The second kappa shape index (κ2) is 7.34. The molecule has 90 valence electrons. The number of nitrogens with one attached hydrogen (secondary N) is 1. The lowest BCUT2D eigenvalue weighted by Crippen LogP contribution is -2.30. The number of hydrogen-bond acceptors (Lipinski definition) is 6. The van der Waals surface area contributed by atoms with Crippen LogP contribution in [0.3, 0.4) is 0 Å². The van der Waals surface area contributed by atoms with Crippen molar-refractivity contribution in [2.24, 2.45) is 5.84 Å². The van der Waals surface area contributed by atoms with Crippen LogP contribution in [0.25, 0.3) is 0 Å². The van der Waals surface area contributed by atoms with Crippen LogP contribution < -0.4 is 11.4 Å². The van der Waals surface area contributed by atoms with Gasteiger partial charge in [-0.3, -0.25) is 9.69 Å². The highest BCUT2D eigenvalue weighted by Crippen LogP contribution is 2.11. The molecule has 0 saturated carbocycles. The molecule has 3 N–H and O–H groups in total. The second-order valence-electron chi connectivity index (χ2n) is 3.29. The van der Waals surface area contributed by atoms with Crippen LogP contribution in [0.4, 0.5) is 0 Å². The first-order valence-electron chi connectivity index (χ1n) is 5.16. The lowest BCUT2D eigenvalue weighted by molar-refractivity contribution is -0.151. The number of thiophene rings is 1. The second-order valence-corrected chi connectivity index (χ2v) is 4.32. The summed E-state index contributed by atoms with van der Waals surface area (Å²) in [6.45, 7) is 4.52. The van der Waals surface area contributed by atoms with Crippen molar-refractivity contribution in [2.45, 2.75) is 19.9 Å². The maximum Gasteiger partial charge on any atom is 0.327 e. The van der Waals surface area contributed by atoms with E-state index in [9.17, 15) is 4.79 Å². The van der Waals surface area contributed by atoms with Gasteiger partial charge in [0.2, 0.25) is 0 Å². The summed E-state index contributed by atoms with van der Waals surface area (Å²) >= 11 is 1.72. The van der Waals surface area contributed by atoms with E-state index in [0.717, 1.165) is 13.1 Å². The highest BCUT2D eigenvalue weighted by atomic mass is 32.1. The molecular weight excluding hydrogens is 226 g/mol. The molecule has 0 bridgehead atoms. The fourth-order valence-corrected chi connectivity index (χ4v) is 2.08. The van der Waals surface area contributed by atoms with Crippen molar-refractivity contribution < 1.29 is 9.63 Å². The van der Waals surface area contributed by atoms with E-state index < -0.39 is 0 Å². The molecule has 6 heteroatoms. The van der Waals surface area contributed by atoms with Crippen LogP contribution in [0.1, 0.15) is 18.2 Å². The summed E-state index contributed by atoms with van der Waals surface area (Å²) in [5.74, 6) is 4.53. The number of nitrogens with two attached hydrogens (primary N) is 1. The maximum absolute atomic E-state index is 11.1. The summed E-state index contributed by atoms with van der Waals surface area (Å²) in [5.41, 5.74) is 1.89. The smallest absolute Gasteiger partial charge is 0.327 e. The fourth-order valence-electron chi connectivity index (χ4n) is 1.34. The Morgan fingerprint density at radius 1 is 1.69 bits per heavy atom. The molecule has 0 amide bonds. The van der Waals surface area contributed by atoms with Gasteiger partial charge in [0.05, 0.1) is 6.42 Å². The van der Waals surface area contributed by atoms with Gasteiger partial charge in [0.25, 0.3) is 0 Å². The minimum atomic E-state index is -0.341. The average Bonchev–Trinajstić information content (AvgIpc) is 2.77. The Morgan fingerprint density at radius 3 is 3.06 bits per heavy atom. The number of nitrogens with zero attached hydrogens (tertiary/aromatic N) is 1. The third kappa shape index (κ3) is 4.71. The zero-order valence-electron chi connectivity index (χ0n) is 9.31. The zero-order chi connectivity index (χ0) is 11.8. The minimum Gasteiger partial charge on any atom is -0.356 e. The topological polar surface area (TPSA) is 67.6 Å². The van der Waals surface area contributed by atoms with E-state index in [1.54, 1.807) is 11.3 Å². The molecule has 0 fully saturated rings. The van der Waals surface area contributed by atoms with Gasteiger partial charge in [-0.2, -0.15) is 0 Å². The van der Waals surface area contributed by atoms with E-state index in [2.05, 4.69) is 28.1 Å². The molecule has 1 aromatic rings. The summed E-state index contributed by atoms with van der Waals surface area (Å²) < 4.78 is 0. The van der Waals surface area contributed by atoms with Gasteiger partial charge in [-0.25, -0.2) is 5.84 Å². The number of hydrogen-bond donors (Lipinski definition) is 2. The molecule has 0 aliphatic rings. The van der Waals surface area contributed by atoms with E-state index in [1.165, 1.54) is 4.88 Å². The van der Waals surface area contributed by atoms with Gasteiger partial charge in [0, 0.05) is 18.0 Å². The highest BCUT2D eigenvalue weighted by molar-refractivity contribution is 7.09. The van der Waals surface area contributed by atoms with Gasteiger partial charge in [0.15, 0.2) is 0 Å². The van der Waals surface area contributed by atoms with Gasteiger partial charge in [-0.05, 0) is 18.0 Å². The largest absolute Gasteiger partial charge is 0.356 e. The molecule has 0 saturated heterocycles. The molecule has 0 spiro atoms. The number of carbonyl (C=O) groups is 1. The lowest BCUT2D eigenvalue weighted by atomic mass is 10.3. The zero-order valence-corrected chi connectivity index (χ0v) is 10.1. The molecule has 1 rings (SSSR count). The van der Waals surface area contributed by atoms with Gasteiger partial charge in [-0.15, -0.1) is 11.3 Å². The number of hydrazine groups is 1. The van der Waals surface area contributed by atoms with Crippen molar-refractivity contribution in [2.75, 3.05) is 13.1 Å².